The van der Waals surface area contributed by atoms with Gasteiger partial charge in [0.1, 0.15) is 17.3 Å². The first-order valence-corrected chi connectivity index (χ1v) is 10.8. The van der Waals surface area contributed by atoms with E-state index in [-0.39, 0.29) is 23.4 Å². The monoisotopic (exact) mass is 451 g/mol. The van der Waals surface area contributed by atoms with Crippen LogP contribution in [0.25, 0.3) is 28.2 Å². The first-order chi connectivity index (χ1) is 15.8. The quantitative estimate of drug-likeness (QED) is 0.471. The molecule has 0 radical (unpaired) electrons. The Labute approximate surface area is 188 Å². The largest absolute Gasteiger partial charge is 0.341 e. The first kappa shape index (κ1) is 21.2. The van der Waals surface area contributed by atoms with Crippen molar-refractivity contribution >= 4 is 11.6 Å². The van der Waals surface area contributed by atoms with Crippen molar-refractivity contribution in [3.63, 3.8) is 0 Å². The van der Waals surface area contributed by atoms with Gasteiger partial charge in [0, 0.05) is 49.3 Å². The van der Waals surface area contributed by atoms with Crippen molar-refractivity contribution in [2.24, 2.45) is 0 Å². The molecule has 33 heavy (non-hydrogen) atoms. The van der Waals surface area contributed by atoms with Gasteiger partial charge in [0.15, 0.2) is 11.5 Å². The Balaban J connectivity index is 1.65. The molecular weight excluding hydrogens is 428 g/mol. The highest BCUT2D eigenvalue weighted by Gasteiger charge is 2.28. The Hall–Kier alpha value is -3.69. The van der Waals surface area contributed by atoms with Crippen LogP contribution < -0.4 is 0 Å². The summed E-state index contributed by atoms with van der Waals surface area (Å²) < 4.78 is 31.8. The Morgan fingerprint density at radius 3 is 2.61 bits per heavy atom. The van der Waals surface area contributed by atoms with Crippen molar-refractivity contribution in [1.29, 1.82) is 0 Å². The lowest BCUT2D eigenvalue weighted by Crippen LogP contribution is -2.26. The van der Waals surface area contributed by atoms with Gasteiger partial charge in [-0.05, 0) is 30.7 Å². The number of hydrogen-bond acceptors (Lipinski definition) is 5. The Kier molecular flexibility index (Phi) is 5.15. The number of likely N-dealkylation sites (tertiary alicyclic amines) is 1. The molecule has 8 nitrogen and oxygen atoms in total. The summed E-state index contributed by atoms with van der Waals surface area (Å²) in [6.45, 7) is 6.71. The first-order valence-electron chi connectivity index (χ1n) is 10.8. The average Bonchev–Trinajstić information content (AvgIpc) is 3.50. The van der Waals surface area contributed by atoms with Crippen molar-refractivity contribution in [2.75, 3.05) is 13.1 Å². The second-order valence-electron chi connectivity index (χ2n) is 8.60. The zero-order valence-electron chi connectivity index (χ0n) is 18.5. The van der Waals surface area contributed by atoms with Gasteiger partial charge in [0.05, 0.1) is 11.7 Å². The van der Waals surface area contributed by atoms with Gasteiger partial charge in [-0.25, -0.2) is 8.78 Å². The van der Waals surface area contributed by atoms with Crippen molar-refractivity contribution in [3.05, 3.63) is 54.0 Å². The smallest absolute Gasteiger partial charge is 0.219 e. The Morgan fingerprint density at radius 1 is 1.09 bits per heavy atom. The molecule has 1 aliphatic rings. The van der Waals surface area contributed by atoms with Gasteiger partial charge in [0.2, 0.25) is 5.91 Å². The van der Waals surface area contributed by atoms with E-state index in [1.54, 1.807) is 33.2 Å². The van der Waals surface area contributed by atoms with Crippen LogP contribution in [-0.4, -0.2) is 53.5 Å². The van der Waals surface area contributed by atoms with E-state index in [9.17, 15) is 13.6 Å². The number of aromatic nitrogens is 6. The molecule has 5 rings (SSSR count). The molecule has 4 aromatic rings. The summed E-state index contributed by atoms with van der Waals surface area (Å²) in [5.41, 5.74) is 2.32. The van der Waals surface area contributed by atoms with Gasteiger partial charge in [0.25, 0.3) is 0 Å². The molecule has 1 unspecified atom stereocenters. The molecule has 1 fully saturated rings. The third-order valence-electron chi connectivity index (χ3n) is 5.98. The molecule has 1 atom stereocenters. The molecule has 0 aliphatic carbocycles. The van der Waals surface area contributed by atoms with Gasteiger partial charge in [-0.2, -0.15) is 14.7 Å². The molecule has 1 aromatic carbocycles. The highest BCUT2D eigenvalue weighted by Crippen LogP contribution is 2.34. The Bertz CT molecular complexity index is 1360. The molecule has 0 bridgehead atoms. The van der Waals surface area contributed by atoms with Gasteiger partial charge in [-0.1, -0.05) is 13.8 Å². The minimum atomic E-state index is -0.702. The number of amides is 1. The molecule has 1 saturated heterocycles. The predicted octanol–water partition coefficient (Wildman–Crippen LogP) is 3.85. The molecule has 170 valence electrons. The number of fused-ring (bicyclic) bond motifs is 1. The second kappa shape index (κ2) is 8.02. The normalized spacial score (nSPS) is 16.3. The van der Waals surface area contributed by atoms with Crippen LogP contribution in [0.15, 0.2) is 36.5 Å². The van der Waals surface area contributed by atoms with Gasteiger partial charge in [-0.3, -0.25) is 9.48 Å². The summed E-state index contributed by atoms with van der Waals surface area (Å²) in [6, 6.07) is 6.98. The van der Waals surface area contributed by atoms with E-state index in [2.05, 4.69) is 15.3 Å². The fourth-order valence-corrected chi connectivity index (χ4v) is 4.20. The van der Waals surface area contributed by atoms with Crippen LogP contribution >= 0.6 is 0 Å². The van der Waals surface area contributed by atoms with E-state index < -0.39 is 11.6 Å². The lowest BCUT2D eigenvalue weighted by molar-refractivity contribution is -0.127. The SMILES string of the molecule is CC(=O)N1CCC(n2cc(-c3ccc4nnc(C(C)C)n4n3)c(-c3ccc(F)cc3F)n2)C1. The second-order valence-corrected chi connectivity index (χ2v) is 8.60. The van der Waals surface area contributed by atoms with E-state index in [0.29, 0.717) is 41.5 Å². The summed E-state index contributed by atoms with van der Waals surface area (Å²) in [7, 11) is 0. The minimum absolute atomic E-state index is 0.00984. The Morgan fingerprint density at radius 2 is 1.91 bits per heavy atom. The number of nitrogens with zero attached hydrogens (tertiary/aromatic N) is 7. The number of hydrogen-bond donors (Lipinski definition) is 0. The van der Waals surface area contributed by atoms with Crippen molar-refractivity contribution in [1.82, 2.24) is 34.5 Å². The summed E-state index contributed by atoms with van der Waals surface area (Å²) in [5, 5.41) is 17.8. The number of benzene rings is 1. The molecule has 1 amide bonds. The predicted molar refractivity (Wildman–Crippen MR) is 117 cm³/mol. The molecule has 10 heteroatoms. The fraction of sp³-hybridized carbons (Fsp3) is 0.348. The zero-order chi connectivity index (χ0) is 23.3. The van der Waals surface area contributed by atoms with Gasteiger partial charge < -0.3 is 4.90 Å². The molecular formula is C23H23F2N7O. The number of rotatable bonds is 4. The third-order valence-corrected chi connectivity index (χ3v) is 5.98. The van der Waals surface area contributed by atoms with E-state index in [0.717, 1.165) is 12.5 Å². The molecule has 1 aliphatic heterocycles. The van der Waals surface area contributed by atoms with E-state index >= 15 is 0 Å². The topological polar surface area (TPSA) is 81.2 Å². The van der Waals surface area contributed by atoms with Crippen molar-refractivity contribution in [3.8, 4) is 22.5 Å². The lowest BCUT2D eigenvalue weighted by Gasteiger charge is -2.14. The minimum Gasteiger partial charge on any atom is -0.341 e. The van der Waals surface area contributed by atoms with Crippen LogP contribution in [0.5, 0.6) is 0 Å². The third kappa shape index (κ3) is 3.75. The van der Waals surface area contributed by atoms with Gasteiger partial charge in [-0.15, -0.1) is 10.2 Å². The standard InChI is InChI=1S/C23H23F2N7O/c1-13(2)23-27-26-21-7-6-20(28-32(21)23)18-12-31(16-8-9-30(11-16)14(3)33)29-22(18)17-5-4-15(24)10-19(17)25/h4-7,10,12-13,16H,8-9,11H2,1-3H3. The zero-order valence-corrected chi connectivity index (χ0v) is 18.5. The van der Waals surface area contributed by atoms with Crippen LogP contribution in [-0.2, 0) is 4.79 Å². The van der Waals surface area contributed by atoms with Crippen molar-refractivity contribution in [2.45, 2.75) is 39.2 Å². The maximum atomic E-state index is 14.8. The molecule has 0 saturated carbocycles. The van der Waals surface area contributed by atoms with Crippen LogP contribution in [0.3, 0.4) is 0 Å². The van der Waals surface area contributed by atoms with E-state index in [1.807, 2.05) is 20.0 Å². The fourth-order valence-electron chi connectivity index (χ4n) is 4.20. The molecule has 3 aromatic heterocycles. The molecule has 4 heterocycles. The summed E-state index contributed by atoms with van der Waals surface area (Å²) >= 11 is 0. The van der Waals surface area contributed by atoms with Crippen LogP contribution in [0, 0.1) is 11.6 Å². The van der Waals surface area contributed by atoms with Crippen LogP contribution in [0.4, 0.5) is 8.78 Å². The van der Waals surface area contributed by atoms with E-state index in [4.69, 9.17) is 5.10 Å². The number of carbonyl (C=O) groups excluding carboxylic acids is 1. The summed E-state index contributed by atoms with van der Waals surface area (Å²) in [5.74, 6) is -0.532. The maximum absolute atomic E-state index is 14.8. The highest BCUT2D eigenvalue weighted by molar-refractivity contribution is 5.79. The number of halogens is 2. The average molecular weight is 451 g/mol. The molecule has 0 N–H and O–H groups in total. The summed E-state index contributed by atoms with van der Waals surface area (Å²) in [6.07, 6.45) is 2.56. The lowest BCUT2D eigenvalue weighted by atomic mass is 10.1. The van der Waals surface area contributed by atoms with Crippen LogP contribution in [0.1, 0.15) is 45.0 Å². The maximum Gasteiger partial charge on any atom is 0.219 e. The molecule has 0 spiro atoms. The number of carbonyl (C=O) groups is 1. The van der Waals surface area contributed by atoms with E-state index in [1.165, 1.54) is 12.1 Å². The van der Waals surface area contributed by atoms with Crippen LogP contribution in [0.2, 0.25) is 0 Å². The summed E-state index contributed by atoms with van der Waals surface area (Å²) in [4.78, 5) is 13.6. The van der Waals surface area contributed by atoms with Crippen molar-refractivity contribution < 1.29 is 13.6 Å². The van der Waals surface area contributed by atoms with Gasteiger partial charge >= 0.3 is 0 Å². The highest BCUT2D eigenvalue weighted by atomic mass is 19.1.